The van der Waals surface area contributed by atoms with Gasteiger partial charge in [0.25, 0.3) is 0 Å². The van der Waals surface area contributed by atoms with Crippen LogP contribution in [-0.4, -0.2) is 12.6 Å². The number of hydrogen-bond acceptors (Lipinski definition) is 1. The third-order valence-corrected chi connectivity index (χ3v) is 4.62. The molecular weight excluding hydrogens is 170 g/mol. The number of hydrogen-bond donors (Lipinski definition) is 1. The van der Waals surface area contributed by atoms with E-state index in [4.69, 9.17) is 0 Å². The molecule has 1 heterocycles. The fraction of sp³-hybridized carbons (Fsp3) is 1.00. The highest BCUT2D eigenvalue weighted by Gasteiger charge is 2.51. The summed E-state index contributed by atoms with van der Waals surface area (Å²) in [5.74, 6) is 2.70. The molecule has 0 radical (unpaired) electrons. The second-order valence-electron chi connectivity index (χ2n) is 6.21. The Kier molecular flexibility index (Phi) is 2.63. The van der Waals surface area contributed by atoms with Crippen molar-refractivity contribution in [3.05, 3.63) is 0 Å². The third kappa shape index (κ3) is 1.50. The Morgan fingerprint density at radius 1 is 1.14 bits per heavy atom. The van der Waals surface area contributed by atoms with Crippen molar-refractivity contribution in [2.24, 2.45) is 23.2 Å². The van der Waals surface area contributed by atoms with Crippen LogP contribution in [0.2, 0.25) is 0 Å². The topological polar surface area (TPSA) is 12.0 Å². The molecule has 3 unspecified atom stereocenters. The maximum atomic E-state index is 3.64. The van der Waals surface area contributed by atoms with Gasteiger partial charge in [-0.3, -0.25) is 0 Å². The van der Waals surface area contributed by atoms with E-state index >= 15 is 0 Å². The van der Waals surface area contributed by atoms with E-state index in [1.807, 2.05) is 0 Å². The highest BCUT2D eigenvalue weighted by Crippen LogP contribution is 2.51. The maximum absolute atomic E-state index is 3.64. The first-order valence-corrected chi connectivity index (χ1v) is 6.28. The summed E-state index contributed by atoms with van der Waals surface area (Å²) in [4.78, 5) is 0. The molecule has 0 aromatic carbocycles. The van der Waals surface area contributed by atoms with Gasteiger partial charge < -0.3 is 5.32 Å². The van der Waals surface area contributed by atoms with Gasteiger partial charge in [0.05, 0.1) is 0 Å². The van der Waals surface area contributed by atoms with Crippen molar-refractivity contribution < 1.29 is 0 Å². The predicted octanol–water partition coefficient (Wildman–Crippen LogP) is 3.06. The lowest BCUT2D eigenvalue weighted by Gasteiger charge is -2.51. The van der Waals surface area contributed by atoms with Crippen molar-refractivity contribution in [3.63, 3.8) is 0 Å². The second kappa shape index (κ2) is 3.52. The van der Waals surface area contributed by atoms with Gasteiger partial charge in [-0.15, -0.1) is 0 Å². The molecule has 1 spiro atoms. The van der Waals surface area contributed by atoms with Crippen molar-refractivity contribution >= 4 is 0 Å². The van der Waals surface area contributed by atoms with E-state index in [-0.39, 0.29) is 0 Å². The van der Waals surface area contributed by atoms with Crippen LogP contribution in [0.15, 0.2) is 0 Å². The number of rotatable bonds is 2. The minimum Gasteiger partial charge on any atom is -0.313 e. The van der Waals surface area contributed by atoms with Crippen molar-refractivity contribution in [2.45, 2.75) is 53.0 Å². The summed E-state index contributed by atoms with van der Waals surface area (Å²) < 4.78 is 0. The quantitative estimate of drug-likeness (QED) is 0.714. The molecule has 82 valence electrons. The lowest BCUT2D eigenvalue weighted by Crippen LogP contribution is -2.63. The molecule has 14 heavy (non-hydrogen) atoms. The van der Waals surface area contributed by atoms with Crippen LogP contribution in [0.4, 0.5) is 0 Å². The molecule has 0 bridgehead atoms. The highest BCUT2D eigenvalue weighted by molar-refractivity contribution is 5.07. The van der Waals surface area contributed by atoms with Gasteiger partial charge in [-0.1, -0.05) is 27.7 Å². The standard InChI is InChI=1S/C13H25N/c1-9(2)11-5-6-13(7-11)8-14-12(13)10(3)4/h9-12,14H,5-8H2,1-4H3. The summed E-state index contributed by atoms with van der Waals surface area (Å²) in [5, 5.41) is 3.64. The first-order valence-electron chi connectivity index (χ1n) is 6.28. The average molecular weight is 195 g/mol. The van der Waals surface area contributed by atoms with Gasteiger partial charge in [-0.2, -0.15) is 0 Å². The van der Waals surface area contributed by atoms with Gasteiger partial charge in [0.1, 0.15) is 0 Å². The molecule has 1 aliphatic heterocycles. The lowest BCUT2D eigenvalue weighted by atomic mass is 9.67. The van der Waals surface area contributed by atoms with Crippen LogP contribution in [-0.2, 0) is 0 Å². The Morgan fingerprint density at radius 2 is 1.86 bits per heavy atom. The summed E-state index contributed by atoms with van der Waals surface area (Å²) in [7, 11) is 0. The van der Waals surface area contributed by atoms with Gasteiger partial charge in [-0.25, -0.2) is 0 Å². The average Bonchev–Trinajstić information content (AvgIpc) is 2.46. The molecule has 2 aliphatic rings. The van der Waals surface area contributed by atoms with E-state index in [0.29, 0.717) is 5.41 Å². The van der Waals surface area contributed by atoms with Crippen LogP contribution in [0.1, 0.15) is 47.0 Å². The van der Waals surface area contributed by atoms with Gasteiger partial charge in [-0.05, 0) is 42.4 Å². The van der Waals surface area contributed by atoms with Crippen molar-refractivity contribution in [1.29, 1.82) is 0 Å². The normalized spacial score (nSPS) is 42.4. The van der Waals surface area contributed by atoms with Gasteiger partial charge in [0.2, 0.25) is 0 Å². The first kappa shape index (κ1) is 10.5. The summed E-state index contributed by atoms with van der Waals surface area (Å²) >= 11 is 0. The molecule has 0 aromatic heterocycles. The molecule has 0 aromatic rings. The third-order valence-electron chi connectivity index (χ3n) is 4.62. The Morgan fingerprint density at radius 3 is 2.21 bits per heavy atom. The number of nitrogens with one attached hydrogen (secondary N) is 1. The SMILES string of the molecule is CC(C)C1CCC2(CNC2C(C)C)C1. The van der Waals surface area contributed by atoms with Crippen molar-refractivity contribution in [2.75, 3.05) is 6.54 Å². The van der Waals surface area contributed by atoms with E-state index in [9.17, 15) is 0 Å². The molecule has 1 aliphatic carbocycles. The summed E-state index contributed by atoms with van der Waals surface area (Å²) in [6.07, 6.45) is 4.44. The Labute approximate surface area is 88.7 Å². The maximum Gasteiger partial charge on any atom is 0.0159 e. The molecule has 0 amide bonds. The van der Waals surface area contributed by atoms with Gasteiger partial charge in [0, 0.05) is 12.6 Å². The second-order valence-corrected chi connectivity index (χ2v) is 6.21. The van der Waals surface area contributed by atoms with Crippen LogP contribution in [0, 0.1) is 23.2 Å². The van der Waals surface area contributed by atoms with E-state index in [0.717, 1.165) is 23.8 Å². The monoisotopic (exact) mass is 195 g/mol. The summed E-state index contributed by atoms with van der Waals surface area (Å²) in [5.41, 5.74) is 0.698. The Hall–Kier alpha value is -0.0400. The Bertz CT molecular complexity index is 209. The van der Waals surface area contributed by atoms with E-state index in [2.05, 4.69) is 33.0 Å². The van der Waals surface area contributed by atoms with E-state index in [1.54, 1.807) is 0 Å². The zero-order valence-electron chi connectivity index (χ0n) is 10.1. The van der Waals surface area contributed by atoms with E-state index < -0.39 is 0 Å². The first-order chi connectivity index (χ1) is 6.55. The zero-order chi connectivity index (χ0) is 10.3. The molecule has 2 fully saturated rings. The molecule has 1 nitrogen and oxygen atoms in total. The Balaban J connectivity index is 1.99. The molecule has 1 N–H and O–H groups in total. The summed E-state index contributed by atoms with van der Waals surface area (Å²) in [6, 6.07) is 0.811. The molecule has 1 saturated heterocycles. The van der Waals surface area contributed by atoms with Crippen molar-refractivity contribution in [1.82, 2.24) is 5.32 Å². The largest absolute Gasteiger partial charge is 0.313 e. The van der Waals surface area contributed by atoms with Crippen LogP contribution in [0.25, 0.3) is 0 Å². The predicted molar refractivity (Wildman–Crippen MR) is 61.2 cm³/mol. The summed E-state index contributed by atoms with van der Waals surface area (Å²) in [6.45, 7) is 10.8. The minimum absolute atomic E-state index is 0.698. The fourth-order valence-electron chi connectivity index (χ4n) is 3.66. The molecule has 3 atom stereocenters. The van der Waals surface area contributed by atoms with E-state index in [1.165, 1.54) is 25.8 Å². The van der Waals surface area contributed by atoms with Crippen molar-refractivity contribution in [3.8, 4) is 0 Å². The fourth-order valence-corrected chi connectivity index (χ4v) is 3.66. The molecular formula is C13H25N. The molecule has 2 rings (SSSR count). The lowest BCUT2D eigenvalue weighted by molar-refractivity contribution is 0.0490. The highest BCUT2D eigenvalue weighted by atomic mass is 15.1. The van der Waals surface area contributed by atoms with Crippen LogP contribution >= 0.6 is 0 Å². The zero-order valence-corrected chi connectivity index (χ0v) is 10.1. The smallest absolute Gasteiger partial charge is 0.0159 e. The van der Waals surface area contributed by atoms with Crippen LogP contribution in [0.3, 0.4) is 0 Å². The molecule has 1 heteroatoms. The van der Waals surface area contributed by atoms with Crippen LogP contribution < -0.4 is 5.32 Å². The van der Waals surface area contributed by atoms with Gasteiger partial charge in [0.15, 0.2) is 0 Å². The minimum atomic E-state index is 0.698. The van der Waals surface area contributed by atoms with Gasteiger partial charge >= 0.3 is 0 Å². The molecule has 1 saturated carbocycles. The van der Waals surface area contributed by atoms with Crippen LogP contribution in [0.5, 0.6) is 0 Å².